The zero-order chi connectivity index (χ0) is 9.97. The van der Waals surface area contributed by atoms with Gasteiger partial charge in [0.05, 0.1) is 11.3 Å². The lowest BCUT2D eigenvalue weighted by atomic mass is 10.2. The smallest absolute Gasteiger partial charge is 0.233 e. The summed E-state index contributed by atoms with van der Waals surface area (Å²) < 4.78 is 5.55. The van der Waals surface area contributed by atoms with Crippen molar-refractivity contribution in [1.82, 2.24) is 10.2 Å². The molecule has 1 fully saturated rings. The highest BCUT2D eigenvalue weighted by atomic mass is 32.2. The van der Waals surface area contributed by atoms with E-state index in [2.05, 4.69) is 10.2 Å². The molecule has 5 heteroatoms. The number of rotatable bonds is 3. The minimum absolute atomic E-state index is 0.109. The van der Waals surface area contributed by atoms with E-state index in [0.717, 1.165) is 18.7 Å². The van der Waals surface area contributed by atoms with Crippen LogP contribution in [0.4, 0.5) is 0 Å². The molecule has 1 aromatic heterocycles. The fourth-order valence-electron chi connectivity index (χ4n) is 1.47. The molecule has 2 N–H and O–H groups in total. The molecule has 4 nitrogen and oxygen atoms in total. The molecule has 0 radical (unpaired) electrons. The summed E-state index contributed by atoms with van der Waals surface area (Å²) in [6.07, 6.45) is 3.22. The third-order valence-electron chi connectivity index (χ3n) is 2.42. The highest BCUT2D eigenvalue weighted by Gasteiger charge is 2.24. The maximum atomic E-state index is 5.80. The Morgan fingerprint density at radius 2 is 2.50 bits per heavy atom. The molecule has 1 aliphatic heterocycles. The molecular formula is C9H15N3OS. The number of nitrogens with two attached hydrogens (primary N) is 1. The van der Waals surface area contributed by atoms with Crippen molar-refractivity contribution in [2.45, 2.75) is 37.5 Å². The summed E-state index contributed by atoms with van der Waals surface area (Å²) >= 11 is 1.89. The predicted octanol–water partition coefficient (Wildman–Crippen LogP) is 2.05. The zero-order valence-electron chi connectivity index (χ0n) is 8.27. The van der Waals surface area contributed by atoms with Crippen molar-refractivity contribution < 1.29 is 4.42 Å². The van der Waals surface area contributed by atoms with Gasteiger partial charge >= 0.3 is 0 Å². The Labute approximate surface area is 87.6 Å². The van der Waals surface area contributed by atoms with Crippen molar-refractivity contribution in [2.75, 3.05) is 5.75 Å². The van der Waals surface area contributed by atoms with E-state index in [4.69, 9.17) is 10.2 Å². The van der Waals surface area contributed by atoms with Gasteiger partial charge in [0.15, 0.2) is 0 Å². The van der Waals surface area contributed by atoms with Crippen LogP contribution in [0.25, 0.3) is 0 Å². The molecule has 0 aliphatic carbocycles. The van der Waals surface area contributed by atoms with E-state index in [9.17, 15) is 0 Å². The van der Waals surface area contributed by atoms with Gasteiger partial charge in [0, 0.05) is 0 Å². The summed E-state index contributed by atoms with van der Waals surface area (Å²) in [6.45, 7) is 2.01. The Kier molecular flexibility index (Phi) is 3.08. The van der Waals surface area contributed by atoms with Gasteiger partial charge in [-0.25, -0.2) is 0 Å². The Morgan fingerprint density at radius 3 is 3.14 bits per heavy atom. The van der Waals surface area contributed by atoms with Gasteiger partial charge in [0.2, 0.25) is 11.8 Å². The highest BCUT2D eigenvalue weighted by molar-refractivity contribution is 7.99. The SMILES string of the molecule is CCC(N)c1nnc(C2CCCS2)o1. The lowest BCUT2D eigenvalue weighted by Crippen LogP contribution is -2.08. The average molecular weight is 213 g/mol. The van der Waals surface area contributed by atoms with Gasteiger partial charge in [-0.2, -0.15) is 0 Å². The average Bonchev–Trinajstić information content (AvgIpc) is 2.86. The predicted molar refractivity (Wildman–Crippen MR) is 56.0 cm³/mol. The quantitative estimate of drug-likeness (QED) is 0.832. The molecule has 0 amide bonds. The largest absolute Gasteiger partial charge is 0.422 e. The van der Waals surface area contributed by atoms with E-state index in [0.29, 0.717) is 11.1 Å². The molecule has 1 aromatic rings. The van der Waals surface area contributed by atoms with Crippen molar-refractivity contribution in [2.24, 2.45) is 5.73 Å². The first-order chi connectivity index (χ1) is 6.81. The van der Waals surface area contributed by atoms with Crippen LogP contribution >= 0.6 is 11.8 Å². The maximum Gasteiger partial charge on any atom is 0.233 e. The van der Waals surface area contributed by atoms with Crippen molar-refractivity contribution in [3.05, 3.63) is 11.8 Å². The van der Waals surface area contributed by atoms with Gasteiger partial charge in [-0.3, -0.25) is 0 Å². The molecule has 1 aliphatic rings. The number of hydrogen-bond donors (Lipinski definition) is 1. The fraction of sp³-hybridized carbons (Fsp3) is 0.778. The second-order valence-electron chi connectivity index (χ2n) is 3.49. The van der Waals surface area contributed by atoms with Crippen molar-refractivity contribution in [3.63, 3.8) is 0 Å². The van der Waals surface area contributed by atoms with Crippen LogP contribution in [0.3, 0.4) is 0 Å². The Bertz CT molecular complexity index is 296. The summed E-state index contributed by atoms with van der Waals surface area (Å²) in [5.41, 5.74) is 5.80. The molecule has 0 aromatic carbocycles. The fourth-order valence-corrected chi connectivity index (χ4v) is 2.66. The first-order valence-corrected chi connectivity index (χ1v) is 6.06. The van der Waals surface area contributed by atoms with Crippen LogP contribution in [0, 0.1) is 0 Å². The van der Waals surface area contributed by atoms with Gasteiger partial charge in [-0.05, 0) is 25.0 Å². The van der Waals surface area contributed by atoms with Crippen LogP contribution in [-0.4, -0.2) is 16.0 Å². The van der Waals surface area contributed by atoms with E-state index in [1.807, 2.05) is 18.7 Å². The highest BCUT2D eigenvalue weighted by Crippen LogP contribution is 2.39. The molecule has 0 saturated carbocycles. The minimum atomic E-state index is -0.109. The summed E-state index contributed by atoms with van der Waals surface area (Å²) in [4.78, 5) is 0. The zero-order valence-corrected chi connectivity index (χ0v) is 9.09. The van der Waals surface area contributed by atoms with Gasteiger partial charge in [-0.1, -0.05) is 6.92 Å². The van der Waals surface area contributed by atoms with Crippen LogP contribution in [0.2, 0.25) is 0 Å². The molecule has 1 saturated heterocycles. The van der Waals surface area contributed by atoms with Crippen molar-refractivity contribution >= 4 is 11.8 Å². The maximum absolute atomic E-state index is 5.80. The first-order valence-electron chi connectivity index (χ1n) is 5.01. The van der Waals surface area contributed by atoms with Crippen LogP contribution in [0.15, 0.2) is 4.42 Å². The molecular weight excluding hydrogens is 198 g/mol. The van der Waals surface area contributed by atoms with E-state index in [-0.39, 0.29) is 6.04 Å². The van der Waals surface area contributed by atoms with Gasteiger partial charge in [0.1, 0.15) is 0 Å². The molecule has 0 bridgehead atoms. The van der Waals surface area contributed by atoms with Crippen LogP contribution < -0.4 is 5.73 Å². The summed E-state index contributed by atoms with van der Waals surface area (Å²) in [5.74, 6) is 2.53. The van der Waals surface area contributed by atoms with Crippen molar-refractivity contribution in [3.8, 4) is 0 Å². The third kappa shape index (κ3) is 1.93. The van der Waals surface area contributed by atoms with Crippen LogP contribution in [0.5, 0.6) is 0 Å². The molecule has 0 spiro atoms. The summed E-state index contributed by atoms with van der Waals surface area (Å²) in [5, 5.41) is 8.43. The number of nitrogens with zero attached hydrogens (tertiary/aromatic N) is 2. The van der Waals surface area contributed by atoms with Crippen LogP contribution in [-0.2, 0) is 0 Å². The van der Waals surface area contributed by atoms with E-state index in [1.165, 1.54) is 12.2 Å². The topological polar surface area (TPSA) is 64.9 Å². The number of thioether (sulfide) groups is 1. The Morgan fingerprint density at radius 1 is 1.64 bits per heavy atom. The Balaban J connectivity index is 2.08. The molecule has 78 valence electrons. The molecule has 2 heterocycles. The van der Waals surface area contributed by atoms with Gasteiger partial charge < -0.3 is 10.2 Å². The Hall–Kier alpha value is -0.550. The summed E-state index contributed by atoms with van der Waals surface area (Å²) in [7, 11) is 0. The normalized spacial score (nSPS) is 24.0. The summed E-state index contributed by atoms with van der Waals surface area (Å²) in [6, 6.07) is -0.109. The monoisotopic (exact) mass is 213 g/mol. The molecule has 14 heavy (non-hydrogen) atoms. The van der Waals surface area contributed by atoms with Crippen LogP contribution in [0.1, 0.15) is 49.3 Å². The second kappa shape index (κ2) is 4.31. The standard InChI is InChI=1S/C9H15N3OS/c1-2-6(10)8-11-12-9(13-8)7-4-3-5-14-7/h6-7H,2-5,10H2,1H3. The lowest BCUT2D eigenvalue weighted by Gasteiger charge is -2.02. The molecule has 2 rings (SSSR count). The lowest BCUT2D eigenvalue weighted by molar-refractivity contribution is 0.409. The van der Waals surface area contributed by atoms with E-state index in [1.54, 1.807) is 0 Å². The molecule has 2 atom stereocenters. The number of hydrogen-bond acceptors (Lipinski definition) is 5. The van der Waals surface area contributed by atoms with E-state index >= 15 is 0 Å². The van der Waals surface area contributed by atoms with E-state index < -0.39 is 0 Å². The minimum Gasteiger partial charge on any atom is -0.422 e. The second-order valence-corrected chi connectivity index (χ2v) is 4.81. The molecule has 2 unspecified atom stereocenters. The van der Waals surface area contributed by atoms with Gasteiger partial charge in [-0.15, -0.1) is 22.0 Å². The number of aromatic nitrogens is 2. The van der Waals surface area contributed by atoms with Gasteiger partial charge in [0.25, 0.3) is 0 Å². The third-order valence-corrected chi connectivity index (χ3v) is 3.78. The first kappa shape index (κ1) is 9.98. The van der Waals surface area contributed by atoms with Crippen molar-refractivity contribution in [1.29, 1.82) is 0 Å².